The summed E-state index contributed by atoms with van der Waals surface area (Å²) >= 11 is 1.71. The molecule has 2 bridgehead atoms. The lowest BCUT2D eigenvalue weighted by Crippen LogP contribution is -2.61. The molecule has 3 atom stereocenters. The van der Waals surface area contributed by atoms with Crippen LogP contribution in [0, 0.1) is 11.8 Å². The number of rotatable bonds is 4. The summed E-state index contributed by atoms with van der Waals surface area (Å²) in [5, 5.41) is 8.81. The number of hydrogen-bond acceptors (Lipinski definition) is 4. The first kappa shape index (κ1) is 12.2. The Balaban J connectivity index is 1.85. The Morgan fingerprint density at radius 2 is 2.19 bits per heavy atom. The van der Waals surface area contributed by atoms with E-state index in [1.165, 1.54) is 6.42 Å². The van der Waals surface area contributed by atoms with Crippen LogP contribution in [0.15, 0.2) is 0 Å². The van der Waals surface area contributed by atoms with Gasteiger partial charge in [0, 0.05) is 24.9 Å². The van der Waals surface area contributed by atoms with Gasteiger partial charge < -0.3 is 14.7 Å². The molecule has 92 valence electrons. The molecule has 3 aliphatic rings. The maximum absolute atomic E-state index is 11.3. The molecule has 1 amide bonds. The van der Waals surface area contributed by atoms with Crippen LogP contribution in [0.1, 0.15) is 13.3 Å². The van der Waals surface area contributed by atoms with Gasteiger partial charge in [0.25, 0.3) is 0 Å². The largest absolute Gasteiger partial charge is 0.387 e. The van der Waals surface area contributed by atoms with Crippen LogP contribution in [-0.2, 0) is 9.53 Å². The molecule has 3 fully saturated rings. The van der Waals surface area contributed by atoms with Crippen LogP contribution >= 0.6 is 11.8 Å². The number of ether oxygens (including phenoxy) is 1. The van der Waals surface area contributed by atoms with Gasteiger partial charge >= 0.3 is 0 Å². The molecule has 0 aromatic rings. The van der Waals surface area contributed by atoms with Gasteiger partial charge in [0.05, 0.1) is 6.10 Å². The van der Waals surface area contributed by atoms with E-state index in [1.807, 2.05) is 6.26 Å². The van der Waals surface area contributed by atoms with Gasteiger partial charge in [-0.25, -0.2) is 0 Å². The molecule has 4 nitrogen and oxygen atoms in total. The van der Waals surface area contributed by atoms with Crippen LogP contribution < -0.4 is 0 Å². The zero-order valence-electron chi connectivity index (χ0n) is 9.76. The van der Waals surface area contributed by atoms with Crippen molar-refractivity contribution in [3.8, 4) is 0 Å². The highest BCUT2D eigenvalue weighted by molar-refractivity contribution is 7.99. The van der Waals surface area contributed by atoms with E-state index >= 15 is 0 Å². The highest BCUT2D eigenvalue weighted by Crippen LogP contribution is 2.43. The van der Waals surface area contributed by atoms with Gasteiger partial charge in [0.15, 0.2) is 0 Å². The summed E-state index contributed by atoms with van der Waals surface area (Å²) in [7, 11) is 0. The number of amides is 1. The lowest BCUT2D eigenvalue weighted by atomic mass is 9.68. The number of piperidine rings is 2. The second-order valence-electron chi connectivity index (χ2n) is 4.62. The first-order valence-electron chi connectivity index (χ1n) is 5.72. The van der Waals surface area contributed by atoms with Crippen molar-refractivity contribution in [2.24, 2.45) is 11.8 Å². The Hall–Kier alpha value is -0.260. The van der Waals surface area contributed by atoms with E-state index in [-0.39, 0.29) is 18.0 Å². The van der Waals surface area contributed by atoms with Crippen molar-refractivity contribution in [3.05, 3.63) is 0 Å². The lowest BCUT2D eigenvalue weighted by molar-refractivity contribution is -0.165. The second-order valence-corrected chi connectivity index (χ2v) is 5.75. The third kappa shape index (κ3) is 2.21. The minimum atomic E-state index is -0.369. The second kappa shape index (κ2) is 4.94. The van der Waals surface area contributed by atoms with Gasteiger partial charge in [0.1, 0.15) is 12.0 Å². The third-order valence-corrected chi connectivity index (χ3v) is 4.39. The predicted molar refractivity (Wildman–Crippen MR) is 63.1 cm³/mol. The van der Waals surface area contributed by atoms with Crippen LogP contribution in [0.3, 0.4) is 0 Å². The Labute approximate surface area is 100 Å². The Kier molecular flexibility index (Phi) is 3.77. The van der Waals surface area contributed by atoms with E-state index in [0.717, 1.165) is 13.1 Å². The predicted octanol–water partition coefficient (Wildman–Crippen LogP) is 0.551. The molecule has 1 aliphatic carbocycles. The number of carbonyl (C=O) groups is 1. The zero-order valence-corrected chi connectivity index (χ0v) is 10.6. The fourth-order valence-corrected chi connectivity index (χ4v) is 2.89. The molecule has 3 rings (SSSR count). The smallest absolute Gasteiger partial charge is 0.248 e. The number of hydrogen-bond donors (Lipinski definition) is 1. The Morgan fingerprint density at radius 1 is 1.56 bits per heavy atom. The highest BCUT2D eigenvalue weighted by Gasteiger charge is 2.48. The van der Waals surface area contributed by atoms with E-state index < -0.39 is 0 Å². The summed E-state index contributed by atoms with van der Waals surface area (Å²) in [5.41, 5.74) is 0.232. The van der Waals surface area contributed by atoms with Crippen LogP contribution in [-0.4, -0.2) is 53.4 Å². The fraction of sp³-hybridized carbons (Fsp3) is 0.909. The summed E-state index contributed by atoms with van der Waals surface area (Å²) in [6.45, 7) is 3.20. The minimum absolute atomic E-state index is 0.147. The summed E-state index contributed by atoms with van der Waals surface area (Å²) in [6, 6.07) is 0. The molecule has 2 saturated heterocycles. The molecular formula is C11H19NO3S. The maximum atomic E-state index is 11.3. The van der Waals surface area contributed by atoms with Gasteiger partial charge in [-0.1, -0.05) is 0 Å². The van der Waals surface area contributed by atoms with Crippen LogP contribution in [0.2, 0.25) is 0 Å². The molecule has 16 heavy (non-hydrogen) atoms. The van der Waals surface area contributed by atoms with Gasteiger partial charge in [-0.2, -0.15) is 0 Å². The van der Waals surface area contributed by atoms with Gasteiger partial charge in [-0.15, -0.1) is 11.8 Å². The first-order valence-corrected chi connectivity index (χ1v) is 7.01. The number of nitrogens with zero attached hydrogens (tertiary/aromatic N) is 1. The van der Waals surface area contributed by atoms with Gasteiger partial charge in [-0.3, -0.25) is 4.79 Å². The molecular weight excluding hydrogens is 226 g/mol. The van der Waals surface area contributed by atoms with Crippen molar-refractivity contribution in [3.63, 3.8) is 0 Å². The van der Waals surface area contributed by atoms with Crippen molar-refractivity contribution >= 4 is 17.7 Å². The molecule has 1 saturated carbocycles. The number of aliphatic hydroxyl groups is 1. The summed E-state index contributed by atoms with van der Waals surface area (Å²) in [6.07, 6.45) is 3.53. The van der Waals surface area contributed by atoms with E-state index in [0.29, 0.717) is 17.9 Å². The lowest BCUT2D eigenvalue weighted by Gasteiger charge is -2.53. The summed E-state index contributed by atoms with van der Waals surface area (Å²) in [5.74, 6) is 0.804. The van der Waals surface area contributed by atoms with Crippen molar-refractivity contribution in [2.45, 2.75) is 24.9 Å². The fourth-order valence-electron chi connectivity index (χ4n) is 2.65. The minimum Gasteiger partial charge on any atom is -0.387 e. The monoisotopic (exact) mass is 245 g/mol. The SMILES string of the molecule is CSC(C)OC1C2CC1CN(C(=O)CO)C2. The molecule has 0 spiro atoms. The maximum Gasteiger partial charge on any atom is 0.248 e. The molecule has 0 aromatic carbocycles. The number of carbonyl (C=O) groups excluding carboxylic acids is 1. The van der Waals surface area contributed by atoms with Crippen LogP contribution in [0.25, 0.3) is 0 Å². The summed E-state index contributed by atoms with van der Waals surface area (Å²) < 4.78 is 5.93. The molecule has 5 heteroatoms. The average Bonchev–Trinajstić information content (AvgIpc) is 2.34. The summed E-state index contributed by atoms with van der Waals surface area (Å²) in [4.78, 5) is 13.1. The van der Waals surface area contributed by atoms with Crippen molar-refractivity contribution in [1.82, 2.24) is 4.90 Å². The number of aliphatic hydroxyl groups excluding tert-OH is 1. The van der Waals surface area contributed by atoms with Crippen LogP contribution in [0.5, 0.6) is 0 Å². The van der Waals surface area contributed by atoms with E-state index in [2.05, 4.69) is 6.92 Å². The van der Waals surface area contributed by atoms with E-state index in [4.69, 9.17) is 9.84 Å². The topological polar surface area (TPSA) is 49.8 Å². The van der Waals surface area contributed by atoms with Gasteiger partial charge in [-0.05, 0) is 19.6 Å². The van der Waals surface area contributed by atoms with Gasteiger partial charge in [0.2, 0.25) is 5.91 Å². The third-order valence-electron chi connectivity index (χ3n) is 3.61. The average molecular weight is 245 g/mol. The normalized spacial score (nSPS) is 34.4. The number of thioether (sulfide) groups is 1. The molecule has 2 aliphatic heterocycles. The Morgan fingerprint density at radius 3 is 2.69 bits per heavy atom. The highest BCUT2D eigenvalue weighted by atomic mass is 32.2. The zero-order chi connectivity index (χ0) is 11.7. The van der Waals surface area contributed by atoms with E-state index in [1.54, 1.807) is 16.7 Å². The first-order chi connectivity index (χ1) is 7.65. The van der Waals surface area contributed by atoms with Crippen molar-refractivity contribution in [2.75, 3.05) is 26.0 Å². The Bertz CT molecular complexity index is 262. The molecule has 0 aromatic heterocycles. The standard InChI is InChI=1S/C11H19NO3S/c1-7(16-2)15-11-8-3-9(11)5-12(4-8)10(14)6-13/h7-9,11,13H,3-6H2,1-2H3. The van der Waals surface area contributed by atoms with Crippen molar-refractivity contribution < 1.29 is 14.6 Å². The molecule has 3 unspecified atom stereocenters. The van der Waals surface area contributed by atoms with E-state index in [9.17, 15) is 4.79 Å². The molecule has 2 heterocycles. The molecule has 1 N–H and O–H groups in total. The van der Waals surface area contributed by atoms with Crippen LogP contribution in [0.4, 0.5) is 0 Å². The molecule has 0 radical (unpaired) electrons. The number of fused-ring (bicyclic) bond motifs is 2. The van der Waals surface area contributed by atoms with Crippen molar-refractivity contribution in [1.29, 1.82) is 0 Å². The quantitative estimate of drug-likeness (QED) is 0.735.